The van der Waals surface area contributed by atoms with Crippen molar-refractivity contribution in [1.29, 1.82) is 0 Å². The highest BCUT2D eigenvalue weighted by atomic mass is 16.8. The summed E-state index contributed by atoms with van der Waals surface area (Å²) >= 11 is 0. The summed E-state index contributed by atoms with van der Waals surface area (Å²) in [5.74, 6) is 0. The van der Waals surface area contributed by atoms with Crippen molar-refractivity contribution in [3.05, 3.63) is 0 Å². The van der Waals surface area contributed by atoms with Gasteiger partial charge in [0.15, 0.2) is 56.6 Å². The van der Waals surface area contributed by atoms with Gasteiger partial charge in [-0.25, -0.2) is 0 Å². The van der Waals surface area contributed by atoms with E-state index >= 15 is 0 Å². The number of rotatable bonds is 25. The second kappa shape index (κ2) is 35.5. The number of aliphatic hydroxyl groups excluding tert-OH is 20. The molecular weight excluding hydrogens is 1370 g/mol. The van der Waals surface area contributed by atoms with E-state index in [1.165, 1.54) is 0 Å². The molecule has 0 aliphatic carbocycles. The van der Waals surface area contributed by atoms with Crippen molar-refractivity contribution < 1.29 is 183 Å². The first-order chi connectivity index (χ1) is 47.2. The van der Waals surface area contributed by atoms with E-state index in [1.54, 1.807) is 0 Å². The van der Waals surface area contributed by atoms with Crippen molar-refractivity contribution in [1.82, 2.24) is 0 Å². The molecule has 46 heteroatoms. The molecule has 0 radical (unpaired) electrons. The van der Waals surface area contributed by atoms with Gasteiger partial charge >= 0.3 is 0 Å². The standard InChI is InChI=1S/C54H101N9O37/c55-19-37(74)29(66)11(92-46(19)83)2-84-48-21(57)39(76)31(68)13(94-48)4-86-50-23(59)41(78)33(70)15(96-50)6-88-52-25(61)43(80)35(72)17(98-52)8-90-54-27(63)45(82)36(73)18(100-54)9-91-53-26(62)44(81)34(71)16(99-53)7-89-51-24(60)42(79)32(69)14(97-51)5-87-49-22(58)40(77)30(67)12(95-49)3-85-47-20(56)38(75)28(65)10(1-64)93-47/h10-54,64-83H,1-9,55-63H2/t10-,11-,12-,13-,14-,15-,16-,17-,18-,19-,20-,21-,22-,23-,24-,25-,26-,27-,28-,29-,30-,31-,32-,33-,34-,35-,36-,37-,38-,39-,40-,41-,42-,43-,44-,45-,46-,47-,48-,49-,50-,51-,52-,53-,54-/m1/s1. The number of ether oxygens (including phenoxy) is 17. The summed E-state index contributed by atoms with van der Waals surface area (Å²) < 4.78 is 97.4. The summed E-state index contributed by atoms with van der Waals surface area (Å²) in [5, 5.41) is 214. The van der Waals surface area contributed by atoms with Gasteiger partial charge in [0.1, 0.15) is 165 Å². The second-order valence-electron chi connectivity index (χ2n) is 26.3. The lowest BCUT2D eigenvalue weighted by atomic mass is 9.96. The molecule has 9 aliphatic heterocycles. The molecule has 0 unspecified atom stereocenters. The van der Waals surface area contributed by atoms with Crippen molar-refractivity contribution in [2.75, 3.05) is 59.5 Å². The maximum absolute atomic E-state index is 11.1. The first-order valence-corrected chi connectivity index (χ1v) is 32.3. The van der Waals surface area contributed by atoms with Crippen LogP contribution < -0.4 is 51.6 Å². The zero-order chi connectivity index (χ0) is 73.4. The van der Waals surface area contributed by atoms with Crippen LogP contribution in [-0.4, -0.2) is 437 Å². The molecule has 0 saturated carbocycles. The molecule has 9 rings (SSSR count). The van der Waals surface area contributed by atoms with Crippen LogP contribution in [0.3, 0.4) is 0 Å². The predicted octanol–water partition coefficient (Wildman–Crippen LogP) is -20.9. The lowest BCUT2D eigenvalue weighted by molar-refractivity contribution is -0.326. The van der Waals surface area contributed by atoms with Gasteiger partial charge in [0.05, 0.1) is 114 Å². The van der Waals surface area contributed by atoms with Gasteiger partial charge in [0.2, 0.25) is 0 Å². The number of aliphatic hydroxyl groups is 20. The van der Waals surface area contributed by atoms with Crippen LogP contribution in [0.25, 0.3) is 0 Å². The fraction of sp³-hybridized carbons (Fsp3) is 1.00. The zero-order valence-corrected chi connectivity index (χ0v) is 53.4. The maximum Gasteiger partial charge on any atom is 0.175 e. The summed E-state index contributed by atoms with van der Waals surface area (Å²) in [6.07, 6.45) is -58.3. The summed E-state index contributed by atoms with van der Waals surface area (Å²) in [4.78, 5) is 0. The number of hydrogen-bond acceptors (Lipinski definition) is 46. The van der Waals surface area contributed by atoms with E-state index in [0.717, 1.165) is 0 Å². The van der Waals surface area contributed by atoms with E-state index in [9.17, 15) is 102 Å². The lowest BCUT2D eigenvalue weighted by Crippen LogP contribution is -2.66. The largest absolute Gasteiger partial charge is 0.394 e. The molecule has 38 N–H and O–H groups in total. The van der Waals surface area contributed by atoms with Crippen LogP contribution >= 0.6 is 0 Å². The molecule has 0 amide bonds. The lowest BCUT2D eigenvalue weighted by Gasteiger charge is -2.45. The highest BCUT2D eigenvalue weighted by Gasteiger charge is 2.54. The average Bonchev–Trinajstić information content (AvgIpc) is 0.803. The molecule has 0 aromatic heterocycles. The molecule has 100 heavy (non-hydrogen) atoms. The Morgan fingerprint density at radius 2 is 0.310 bits per heavy atom. The third kappa shape index (κ3) is 18.0. The highest BCUT2D eigenvalue weighted by molar-refractivity contribution is 5.01. The normalized spacial score (nSPS) is 53.7. The Kier molecular flexibility index (Phi) is 29.2. The predicted molar refractivity (Wildman–Crippen MR) is 315 cm³/mol. The smallest absolute Gasteiger partial charge is 0.175 e. The molecule has 46 nitrogen and oxygen atoms in total. The minimum atomic E-state index is -1.80. The van der Waals surface area contributed by atoms with Gasteiger partial charge in [0, 0.05) is 0 Å². The van der Waals surface area contributed by atoms with Crippen LogP contribution in [0, 0.1) is 0 Å². The van der Waals surface area contributed by atoms with Crippen molar-refractivity contribution in [2.24, 2.45) is 51.6 Å². The van der Waals surface area contributed by atoms with Crippen molar-refractivity contribution in [2.45, 2.75) is 276 Å². The Morgan fingerprint density at radius 3 is 0.470 bits per heavy atom. The van der Waals surface area contributed by atoms with Gasteiger partial charge in [-0.3, -0.25) is 0 Å². The molecule has 9 heterocycles. The topological polar surface area (TPSA) is 796 Å². The number of nitrogens with two attached hydrogens (primary N) is 9. The Balaban J connectivity index is 0.739. The maximum atomic E-state index is 11.1. The highest BCUT2D eigenvalue weighted by Crippen LogP contribution is 2.33. The summed E-state index contributed by atoms with van der Waals surface area (Å²) in [5.41, 5.74) is 54.6. The molecule has 584 valence electrons. The molecule has 0 aromatic carbocycles. The third-order valence-electron chi connectivity index (χ3n) is 19.3. The van der Waals surface area contributed by atoms with Gasteiger partial charge in [-0.05, 0) is 0 Å². The van der Waals surface area contributed by atoms with Crippen molar-refractivity contribution >= 4 is 0 Å². The second-order valence-corrected chi connectivity index (χ2v) is 26.3. The molecule has 9 saturated heterocycles. The molecule has 0 spiro atoms. The first-order valence-electron chi connectivity index (χ1n) is 32.3. The monoisotopic (exact) mass is 1470 g/mol. The minimum Gasteiger partial charge on any atom is -0.394 e. The van der Waals surface area contributed by atoms with Crippen molar-refractivity contribution in [3.8, 4) is 0 Å². The minimum absolute atomic E-state index is 0.553. The Bertz CT molecular complexity index is 2490. The van der Waals surface area contributed by atoms with Gasteiger partial charge in [-0.2, -0.15) is 0 Å². The van der Waals surface area contributed by atoms with E-state index in [-0.39, 0.29) is 0 Å². The van der Waals surface area contributed by atoms with E-state index < -0.39 is 335 Å². The van der Waals surface area contributed by atoms with Gasteiger partial charge < -0.3 is 234 Å². The molecule has 45 atom stereocenters. The van der Waals surface area contributed by atoms with Gasteiger partial charge in [0.25, 0.3) is 0 Å². The molecule has 0 aromatic rings. The van der Waals surface area contributed by atoms with Crippen LogP contribution in [0.4, 0.5) is 0 Å². The van der Waals surface area contributed by atoms with Gasteiger partial charge in [-0.15, -0.1) is 0 Å². The van der Waals surface area contributed by atoms with Crippen molar-refractivity contribution in [3.63, 3.8) is 0 Å². The van der Waals surface area contributed by atoms with Crippen LogP contribution in [0.1, 0.15) is 0 Å². The van der Waals surface area contributed by atoms with Crippen LogP contribution in [-0.2, 0) is 80.5 Å². The van der Waals surface area contributed by atoms with Gasteiger partial charge in [-0.1, -0.05) is 0 Å². The molecule has 9 aliphatic rings. The van der Waals surface area contributed by atoms with Crippen LogP contribution in [0.5, 0.6) is 0 Å². The Morgan fingerprint density at radius 1 is 0.180 bits per heavy atom. The van der Waals surface area contributed by atoms with E-state index in [0.29, 0.717) is 0 Å². The first kappa shape index (κ1) is 82.2. The van der Waals surface area contributed by atoms with Crippen LogP contribution in [0.15, 0.2) is 0 Å². The summed E-state index contributed by atoms with van der Waals surface area (Å²) in [6.45, 7) is -5.84. The van der Waals surface area contributed by atoms with Crippen LogP contribution in [0.2, 0.25) is 0 Å². The third-order valence-corrected chi connectivity index (χ3v) is 19.3. The van der Waals surface area contributed by atoms with E-state index in [2.05, 4.69) is 0 Å². The fourth-order valence-corrected chi connectivity index (χ4v) is 12.6. The number of hydrogen-bond donors (Lipinski definition) is 29. The molecular formula is C54H101N9O37. The summed E-state index contributed by atoms with van der Waals surface area (Å²) in [7, 11) is 0. The Hall–Kier alpha value is -1.84. The average molecular weight is 1470 g/mol. The Labute approximate surface area is 568 Å². The zero-order valence-electron chi connectivity index (χ0n) is 53.4. The molecule has 0 bridgehead atoms. The fourth-order valence-electron chi connectivity index (χ4n) is 12.6. The SMILES string of the molecule is N[C@@H]1[C@@H](O)[C@H](O)[C@@H](CO[C@@H]2O[C@H](CO[C@@H]3O[C@H](CO[C@@H]4O[C@H](CO[C@@H]5O[C@H](CO[C@@H]6O[C@H](CO[C@@H]7O[C@H](CO[C@@H]8O[C@H](CO[C@@H]9O[C@H](CO)[C@@H](O)[C@H](O)[C@H]9N)[C@@H](O)[C@H](O)[C@H]8N)[C@@H](O)[C@H](O)[C@H]7N)[C@@H](O)[C@H](O)[C@H]6N)[C@@H](O)[C@H](O)[C@H]5N)[C@@H](O)[C@H](O)[C@H]4N)[C@@H](O)[C@H](O)[C@H]3N)[C@@H](O)[C@H](O)[C@H]2N)O[C@H]1O. The van der Waals surface area contributed by atoms with E-state index in [1.807, 2.05) is 0 Å². The quantitative estimate of drug-likeness (QED) is 0.0404. The molecule has 9 fully saturated rings. The van der Waals surface area contributed by atoms with E-state index in [4.69, 9.17) is 132 Å². The summed E-state index contributed by atoms with van der Waals surface area (Å²) in [6, 6.07) is -13.0.